The third kappa shape index (κ3) is 4.85. The summed E-state index contributed by atoms with van der Waals surface area (Å²) in [5.74, 6) is 0. The number of fused-ring (bicyclic) bond motifs is 10. The standard InChI is InChI=1S/C59H38N2/c1-3-13-39(14-4-1)40-25-30-45(31-26-40)60(47-34-36-49-48-19-7-9-21-52(48)59(55(49)38-47)53-22-11-15-42-16-12-23-54(59)58(42)53)46-32-27-41(28-33-46)43-29-35-51-50-20-8-10-24-56(50)61(57(51)37-43)44-17-5-2-6-18-44/h1-38H. The average Bonchev–Trinajstić information content (AvgIpc) is 3.83. The Labute approximate surface area is 354 Å². The van der Waals surface area contributed by atoms with Gasteiger partial charge in [-0.1, -0.05) is 170 Å². The summed E-state index contributed by atoms with van der Waals surface area (Å²) in [7, 11) is 0. The molecule has 13 rings (SSSR count). The first kappa shape index (κ1) is 34.0. The largest absolute Gasteiger partial charge is 0.310 e. The van der Waals surface area contributed by atoms with Crippen molar-refractivity contribution in [2.24, 2.45) is 0 Å². The molecule has 284 valence electrons. The van der Waals surface area contributed by atoms with Gasteiger partial charge < -0.3 is 9.47 Å². The predicted molar refractivity (Wildman–Crippen MR) is 255 cm³/mol. The molecular weight excluding hydrogens is 737 g/mol. The number of benzene rings is 10. The summed E-state index contributed by atoms with van der Waals surface area (Å²) < 4.78 is 2.39. The SMILES string of the molecule is c1ccc(-c2ccc(N(c3ccc(-c4ccc5c6ccccc6n(-c6ccccc6)c5c4)cc3)c3ccc4c(c3)C3(c5ccccc5-4)c4cccc5cccc3c45)cc2)cc1. The van der Waals surface area contributed by atoms with Crippen molar-refractivity contribution in [3.8, 4) is 39.1 Å². The lowest BCUT2D eigenvalue weighted by Gasteiger charge is -2.43. The number of nitrogens with zero attached hydrogens (tertiary/aromatic N) is 2. The molecule has 0 fully saturated rings. The minimum atomic E-state index is -0.314. The highest BCUT2D eigenvalue weighted by Gasteiger charge is 2.53. The fraction of sp³-hybridized carbons (Fsp3) is 0.0169. The van der Waals surface area contributed by atoms with Crippen molar-refractivity contribution in [1.29, 1.82) is 0 Å². The van der Waals surface area contributed by atoms with Crippen LogP contribution in [0, 0.1) is 0 Å². The van der Waals surface area contributed by atoms with Crippen molar-refractivity contribution < 1.29 is 0 Å². The van der Waals surface area contributed by atoms with Gasteiger partial charge in [-0.15, -0.1) is 0 Å². The van der Waals surface area contributed by atoms with Gasteiger partial charge in [-0.05, 0) is 127 Å². The normalized spacial score (nSPS) is 13.0. The van der Waals surface area contributed by atoms with E-state index in [9.17, 15) is 0 Å². The zero-order valence-corrected chi connectivity index (χ0v) is 33.3. The van der Waals surface area contributed by atoms with Gasteiger partial charge in [0.25, 0.3) is 0 Å². The average molecular weight is 775 g/mol. The minimum Gasteiger partial charge on any atom is -0.310 e. The van der Waals surface area contributed by atoms with Gasteiger partial charge in [-0.3, -0.25) is 0 Å². The lowest BCUT2D eigenvalue weighted by Crippen LogP contribution is -2.36. The topological polar surface area (TPSA) is 8.17 Å². The quantitative estimate of drug-likeness (QED) is 0.163. The highest BCUT2D eigenvalue weighted by molar-refractivity contribution is 6.10. The maximum atomic E-state index is 2.47. The van der Waals surface area contributed by atoms with E-state index >= 15 is 0 Å². The van der Waals surface area contributed by atoms with E-state index in [-0.39, 0.29) is 5.41 Å². The van der Waals surface area contributed by atoms with Gasteiger partial charge >= 0.3 is 0 Å². The molecule has 1 spiro atoms. The molecule has 0 N–H and O–H groups in total. The van der Waals surface area contributed by atoms with E-state index in [2.05, 4.69) is 240 Å². The fourth-order valence-electron chi connectivity index (χ4n) is 10.7. The summed E-state index contributed by atoms with van der Waals surface area (Å²) in [6.45, 7) is 0. The number of hydrogen-bond acceptors (Lipinski definition) is 1. The van der Waals surface area contributed by atoms with Crippen molar-refractivity contribution >= 4 is 49.6 Å². The van der Waals surface area contributed by atoms with Crippen molar-refractivity contribution in [3.05, 3.63) is 253 Å². The molecule has 2 heteroatoms. The Balaban J connectivity index is 0.960. The molecule has 1 aromatic heterocycles. The van der Waals surface area contributed by atoms with Gasteiger partial charge in [-0.2, -0.15) is 0 Å². The Morgan fingerprint density at radius 2 is 0.869 bits per heavy atom. The summed E-state index contributed by atoms with van der Waals surface area (Å²) in [6, 6.07) is 85.0. The molecule has 0 saturated heterocycles. The number of aromatic nitrogens is 1. The molecule has 0 saturated carbocycles. The van der Waals surface area contributed by atoms with Crippen molar-refractivity contribution in [3.63, 3.8) is 0 Å². The van der Waals surface area contributed by atoms with Crippen LogP contribution < -0.4 is 4.90 Å². The lowest BCUT2D eigenvalue weighted by molar-refractivity contribution is 0.745. The van der Waals surface area contributed by atoms with E-state index in [0.29, 0.717) is 0 Å². The second-order valence-corrected chi connectivity index (χ2v) is 16.4. The maximum Gasteiger partial charge on any atom is 0.0726 e. The van der Waals surface area contributed by atoms with Crippen molar-refractivity contribution in [2.75, 3.05) is 4.90 Å². The molecule has 0 unspecified atom stereocenters. The molecule has 0 radical (unpaired) electrons. The highest BCUT2D eigenvalue weighted by atomic mass is 15.1. The monoisotopic (exact) mass is 774 g/mol. The zero-order chi connectivity index (χ0) is 40.1. The fourth-order valence-corrected chi connectivity index (χ4v) is 10.7. The van der Waals surface area contributed by atoms with Gasteiger partial charge in [0.05, 0.1) is 16.4 Å². The molecule has 2 aliphatic rings. The van der Waals surface area contributed by atoms with E-state index in [1.807, 2.05) is 0 Å². The summed E-state index contributed by atoms with van der Waals surface area (Å²) in [5.41, 5.74) is 19.6. The number of anilines is 3. The van der Waals surface area contributed by atoms with Crippen LogP contribution in [0.5, 0.6) is 0 Å². The molecule has 2 nitrogen and oxygen atoms in total. The van der Waals surface area contributed by atoms with Gasteiger partial charge in [0.2, 0.25) is 0 Å². The second-order valence-electron chi connectivity index (χ2n) is 16.4. The molecule has 2 aliphatic carbocycles. The molecule has 0 bridgehead atoms. The van der Waals surface area contributed by atoms with Crippen LogP contribution in [0.25, 0.3) is 71.6 Å². The molecule has 0 amide bonds. The van der Waals surface area contributed by atoms with Crippen LogP contribution >= 0.6 is 0 Å². The van der Waals surface area contributed by atoms with E-state index in [1.165, 1.54) is 88.2 Å². The summed E-state index contributed by atoms with van der Waals surface area (Å²) in [4.78, 5) is 2.43. The van der Waals surface area contributed by atoms with Crippen LogP contribution in [0.4, 0.5) is 17.1 Å². The number of hydrogen-bond donors (Lipinski definition) is 0. The predicted octanol–water partition coefficient (Wildman–Crippen LogP) is 15.4. The Kier molecular flexibility index (Phi) is 7.26. The molecule has 10 aromatic carbocycles. The first-order valence-corrected chi connectivity index (χ1v) is 21.2. The van der Waals surface area contributed by atoms with Crippen LogP contribution in [0.3, 0.4) is 0 Å². The third-order valence-electron chi connectivity index (χ3n) is 13.4. The minimum absolute atomic E-state index is 0.314. The van der Waals surface area contributed by atoms with E-state index in [4.69, 9.17) is 0 Å². The van der Waals surface area contributed by atoms with Crippen LogP contribution in [0.1, 0.15) is 22.3 Å². The summed E-state index contributed by atoms with van der Waals surface area (Å²) in [5, 5.41) is 5.22. The Morgan fingerprint density at radius 1 is 0.328 bits per heavy atom. The van der Waals surface area contributed by atoms with E-state index in [0.717, 1.165) is 22.7 Å². The highest BCUT2D eigenvalue weighted by Crippen LogP contribution is 2.64. The van der Waals surface area contributed by atoms with Crippen molar-refractivity contribution in [2.45, 2.75) is 5.41 Å². The molecule has 11 aromatic rings. The van der Waals surface area contributed by atoms with Crippen LogP contribution in [-0.4, -0.2) is 4.57 Å². The zero-order valence-electron chi connectivity index (χ0n) is 33.3. The van der Waals surface area contributed by atoms with Gasteiger partial charge in [0, 0.05) is 33.5 Å². The first-order chi connectivity index (χ1) is 30.3. The van der Waals surface area contributed by atoms with Crippen LogP contribution in [-0.2, 0) is 5.41 Å². The number of rotatable bonds is 6. The van der Waals surface area contributed by atoms with Crippen LogP contribution in [0.2, 0.25) is 0 Å². The van der Waals surface area contributed by atoms with Crippen LogP contribution in [0.15, 0.2) is 231 Å². The van der Waals surface area contributed by atoms with Crippen molar-refractivity contribution in [1.82, 2.24) is 4.57 Å². The smallest absolute Gasteiger partial charge is 0.0726 e. The number of para-hydroxylation sites is 2. The maximum absolute atomic E-state index is 2.47. The van der Waals surface area contributed by atoms with E-state index < -0.39 is 0 Å². The van der Waals surface area contributed by atoms with E-state index in [1.54, 1.807) is 0 Å². The molecule has 0 atom stereocenters. The Bertz CT molecular complexity index is 3470. The van der Waals surface area contributed by atoms with Gasteiger partial charge in [0.1, 0.15) is 0 Å². The summed E-state index contributed by atoms with van der Waals surface area (Å²) >= 11 is 0. The van der Waals surface area contributed by atoms with Gasteiger partial charge in [0.15, 0.2) is 0 Å². The third-order valence-corrected chi connectivity index (χ3v) is 13.4. The molecule has 61 heavy (non-hydrogen) atoms. The Morgan fingerprint density at radius 3 is 1.61 bits per heavy atom. The van der Waals surface area contributed by atoms with Gasteiger partial charge in [-0.25, -0.2) is 0 Å². The first-order valence-electron chi connectivity index (χ1n) is 21.2. The molecule has 1 heterocycles. The molecular formula is C59H38N2. The summed E-state index contributed by atoms with van der Waals surface area (Å²) in [6.07, 6.45) is 0. The second kappa shape index (κ2) is 13.0. The molecule has 0 aliphatic heterocycles. The Hall–Kier alpha value is -7.94. The lowest BCUT2D eigenvalue weighted by atomic mass is 9.58.